The van der Waals surface area contributed by atoms with Crippen LogP contribution < -0.4 is 23.7 Å². The van der Waals surface area contributed by atoms with E-state index >= 15 is 0 Å². The van der Waals surface area contributed by atoms with Crippen molar-refractivity contribution in [3.63, 3.8) is 0 Å². The minimum absolute atomic E-state index is 0.0889. The topological polar surface area (TPSA) is 114 Å². The van der Waals surface area contributed by atoms with Crippen LogP contribution in [0.5, 0.6) is 28.7 Å². The first-order valence-corrected chi connectivity index (χ1v) is 15.3. The quantitative estimate of drug-likeness (QED) is 0.0546. The number of benzene rings is 3. The van der Waals surface area contributed by atoms with Gasteiger partial charge in [0.05, 0.1) is 18.8 Å². The Morgan fingerprint density at radius 2 is 1.33 bits per heavy atom. The van der Waals surface area contributed by atoms with E-state index in [1.807, 2.05) is 0 Å². The van der Waals surface area contributed by atoms with Crippen LogP contribution in [0, 0.1) is 0 Å². The summed E-state index contributed by atoms with van der Waals surface area (Å²) in [6.07, 6.45) is 8.39. The van der Waals surface area contributed by atoms with Crippen molar-refractivity contribution >= 4 is 23.7 Å². The van der Waals surface area contributed by atoms with E-state index in [4.69, 9.17) is 23.7 Å². The van der Waals surface area contributed by atoms with Gasteiger partial charge in [0, 0.05) is 25.0 Å². The molecule has 0 heterocycles. The number of esters is 3. The predicted octanol–water partition coefficient (Wildman–Crippen LogP) is 7.41. The second-order valence-corrected chi connectivity index (χ2v) is 10.2. The molecule has 242 valence electrons. The molecule has 0 aliphatic carbocycles. The van der Waals surface area contributed by atoms with E-state index in [9.17, 15) is 19.2 Å². The van der Waals surface area contributed by atoms with Gasteiger partial charge in [0.2, 0.25) is 0 Å². The predicted molar refractivity (Wildman–Crippen MR) is 174 cm³/mol. The van der Waals surface area contributed by atoms with Crippen molar-refractivity contribution in [3.05, 3.63) is 103 Å². The van der Waals surface area contributed by atoms with Gasteiger partial charge >= 0.3 is 17.9 Å². The first-order chi connectivity index (χ1) is 22.3. The van der Waals surface area contributed by atoms with Crippen LogP contribution >= 0.6 is 0 Å². The molecule has 0 aliphatic rings. The maximum absolute atomic E-state index is 12.8. The number of rotatable bonds is 20. The molecule has 0 N–H and O–H groups in total. The summed E-state index contributed by atoms with van der Waals surface area (Å²) in [5, 5.41) is 0. The van der Waals surface area contributed by atoms with E-state index < -0.39 is 17.9 Å². The fourth-order valence-corrected chi connectivity index (χ4v) is 4.29. The highest BCUT2D eigenvalue weighted by Crippen LogP contribution is 2.33. The molecule has 0 radical (unpaired) electrons. The van der Waals surface area contributed by atoms with Crippen molar-refractivity contribution in [1.29, 1.82) is 0 Å². The molecular formula is C37H40O9. The lowest BCUT2D eigenvalue weighted by Crippen LogP contribution is -2.11. The second kappa shape index (κ2) is 19.3. The summed E-state index contributed by atoms with van der Waals surface area (Å²) in [5.41, 5.74) is 1.21. The average Bonchev–Trinajstić information content (AvgIpc) is 3.06. The molecule has 9 nitrogen and oxygen atoms in total. The molecule has 9 heteroatoms. The molecule has 0 atom stereocenters. The van der Waals surface area contributed by atoms with Gasteiger partial charge in [-0.1, -0.05) is 44.6 Å². The molecule has 0 saturated heterocycles. The molecule has 0 aromatic heterocycles. The maximum atomic E-state index is 12.8. The molecule has 0 aliphatic heterocycles. The minimum atomic E-state index is -0.572. The van der Waals surface area contributed by atoms with Crippen LogP contribution in [-0.2, 0) is 20.8 Å². The number of unbranched alkanes of at least 4 members (excludes halogenated alkanes) is 4. The van der Waals surface area contributed by atoms with Crippen molar-refractivity contribution in [3.8, 4) is 28.7 Å². The lowest BCUT2D eigenvalue weighted by molar-refractivity contribution is -0.134. The third-order valence-electron chi connectivity index (χ3n) is 6.73. The normalized spacial score (nSPS) is 10.4. The van der Waals surface area contributed by atoms with Gasteiger partial charge in [0.1, 0.15) is 17.2 Å². The van der Waals surface area contributed by atoms with Crippen LogP contribution in [0.4, 0.5) is 0 Å². The smallest absolute Gasteiger partial charge is 0.343 e. The van der Waals surface area contributed by atoms with Crippen LogP contribution in [0.2, 0.25) is 0 Å². The summed E-state index contributed by atoms with van der Waals surface area (Å²) in [6, 6.07) is 18.1. The molecule has 0 fully saturated rings. The maximum Gasteiger partial charge on any atom is 0.343 e. The Bertz CT molecular complexity index is 1470. The van der Waals surface area contributed by atoms with Gasteiger partial charge in [-0.15, -0.1) is 0 Å². The lowest BCUT2D eigenvalue weighted by atomic mass is 10.1. The average molecular weight is 629 g/mol. The molecule has 0 saturated carbocycles. The Hall–Kier alpha value is -5.18. The van der Waals surface area contributed by atoms with Gasteiger partial charge in [0.15, 0.2) is 17.3 Å². The Kier molecular flexibility index (Phi) is 14.8. The summed E-state index contributed by atoms with van der Waals surface area (Å²) >= 11 is 0. The Balaban J connectivity index is 1.45. The highest BCUT2D eigenvalue weighted by Gasteiger charge is 2.16. The molecule has 3 rings (SSSR count). The Labute approximate surface area is 269 Å². The van der Waals surface area contributed by atoms with E-state index in [1.165, 1.54) is 24.3 Å². The minimum Gasteiger partial charge on any atom is -0.494 e. The molecule has 3 aromatic rings. The molecular weight excluding hydrogens is 588 g/mol. The van der Waals surface area contributed by atoms with Crippen molar-refractivity contribution in [2.45, 2.75) is 58.3 Å². The molecule has 0 spiro atoms. The SMILES string of the molecule is C=CC(=O)CCCCCCCOc1ccc(C(=O)Oc2ccc(OC(=O)CCc3ccc(OC(=O)C=C)cc3)cc2OCC)cc1. The third-order valence-corrected chi connectivity index (χ3v) is 6.73. The summed E-state index contributed by atoms with van der Waals surface area (Å²) in [4.78, 5) is 47.9. The number of allylic oxidation sites excluding steroid dienone is 1. The zero-order valence-corrected chi connectivity index (χ0v) is 26.2. The summed E-state index contributed by atoms with van der Waals surface area (Å²) < 4.78 is 27.5. The summed E-state index contributed by atoms with van der Waals surface area (Å²) in [7, 11) is 0. The van der Waals surface area contributed by atoms with Gasteiger partial charge in [0.25, 0.3) is 0 Å². The first kappa shape index (κ1) is 35.3. The van der Waals surface area contributed by atoms with Crippen LogP contribution in [0.1, 0.15) is 67.8 Å². The number of hydrogen-bond donors (Lipinski definition) is 0. The number of carbonyl (C=O) groups excluding carboxylic acids is 4. The number of aryl methyl sites for hydroxylation is 1. The van der Waals surface area contributed by atoms with Gasteiger partial charge < -0.3 is 23.7 Å². The molecule has 46 heavy (non-hydrogen) atoms. The van der Waals surface area contributed by atoms with Crippen molar-refractivity contribution in [1.82, 2.24) is 0 Å². The molecule has 0 unspecified atom stereocenters. The first-order valence-electron chi connectivity index (χ1n) is 15.3. The van der Waals surface area contributed by atoms with E-state index in [1.54, 1.807) is 55.5 Å². The molecule has 3 aromatic carbocycles. The third kappa shape index (κ3) is 12.4. The lowest BCUT2D eigenvalue weighted by Gasteiger charge is -2.13. The number of carbonyl (C=O) groups is 4. The number of ketones is 1. The molecule has 0 amide bonds. The summed E-state index contributed by atoms with van der Waals surface area (Å²) in [6.45, 7) is 9.50. The number of hydrogen-bond acceptors (Lipinski definition) is 9. The summed E-state index contributed by atoms with van der Waals surface area (Å²) in [5.74, 6) is 0.266. The van der Waals surface area contributed by atoms with E-state index in [-0.39, 0.29) is 29.5 Å². The van der Waals surface area contributed by atoms with Crippen LogP contribution in [0.25, 0.3) is 0 Å². The zero-order valence-electron chi connectivity index (χ0n) is 26.2. The van der Waals surface area contributed by atoms with Gasteiger partial charge in [-0.25, -0.2) is 9.59 Å². The number of ether oxygens (including phenoxy) is 5. The van der Waals surface area contributed by atoms with Crippen LogP contribution in [0.15, 0.2) is 92.0 Å². The van der Waals surface area contributed by atoms with Gasteiger partial charge in [-0.3, -0.25) is 9.59 Å². The second-order valence-electron chi connectivity index (χ2n) is 10.2. The van der Waals surface area contributed by atoms with Gasteiger partial charge in [-0.2, -0.15) is 0 Å². The Morgan fingerprint density at radius 1 is 0.652 bits per heavy atom. The van der Waals surface area contributed by atoms with Crippen molar-refractivity contribution in [2.24, 2.45) is 0 Å². The van der Waals surface area contributed by atoms with Crippen LogP contribution in [0.3, 0.4) is 0 Å². The highest BCUT2D eigenvalue weighted by molar-refractivity contribution is 5.91. The monoisotopic (exact) mass is 628 g/mol. The fraction of sp³-hybridized carbons (Fsp3) is 0.297. The van der Waals surface area contributed by atoms with E-state index in [2.05, 4.69) is 13.2 Å². The van der Waals surface area contributed by atoms with E-state index in [0.29, 0.717) is 43.1 Å². The largest absolute Gasteiger partial charge is 0.494 e. The van der Waals surface area contributed by atoms with Crippen molar-refractivity contribution in [2.75, 3.05) is 13.2 Å². The Morgan fingerprint density at radius 3 is 2.02 bits per heavy atom. The van der Waals surface area contributed by atoms with Gasteiger partial charge in [-0.05, 0) is 86.4 Å². The van der Waals surface area contributed by atoms with Crippen molar-refractivity contribution < 1.29 is 42.9 Å². The molecule has 0 bridgehead atoms. The standard InChI is InChI=1S/C37H40O9/c1-4-29(38)12-10-8-7-9-11-25-43-30-20-16-28(17-21-30)37(41)46-33-23-22-32(26-34(33)42-6-3)45-36(40)24-15-27-13-18-31(19-14-27)44-35(39)5-2/h4-5,13-14,16-23,26H,1-2,6-12,15,24-25H2,3H3. The highest BCUT2D eigenvalue weighted by atomic mass is 16.6. The van der Waals surface area contributed by atoms with Crippen LogP contribution in [-0.4, -0.2) is 36.9 Å². The van der Waals surface area contributed by atoms with E-state index in [0.717, 1.165) is 43.7 Å². The fourth-order valence-electron chi connectivity index (χ4n) is 4.29. The zero-order chi connectivity index (χ0) is 33.1.